The van der Waals surface area contributed by atoms with Crippen LogP contribution >= 0.6 is 7.82 Å². The molecule has 0 aromatic heterocycles. The second kappa shape index (κ2) is 44.3. The number of aliphatic hydroxyl groups excluding tert-OH is 2. The molecule has 59 heavy (non-hydrogen) atoms. The summed E-state index contributed by atoms with van der Waals surface area (Å²) in [4.78, 5) is 35.1. The minimum atomic E-state index is -4.63. The lowest BCUT2D eigenvalue weighted by molar-refractivity contribution is -0.161. The van der Waals surface area contributed by atoms with E-state index in [4.69, 9.17) is 23.6 Å². The summed E-state index contributed by atoms with van der Waals surface area (Å²) < 4.78 is 32.7. The fourth-order valence-electron chi connectivity index (χ4n) is 6.59. The SMILES string of the molecule is CCCCC/C=C/C/C=C/C/C=C/CCCCC(=O)O[C@@H](COC(=O)CCCCCCCCCCCCCCCCCCCCCCC)COP(=O)(O)OC[C@H](O)CO. The summed E-state index contributed by atoms with van der Waals surface area (Å²) >= 11 is 0. The van der Waals surface area contributed by atoms with Crippen LogP contribution in [0.25, 0.3) is 0 Å². The first-order chi connectivity index (χ1) is 28.7. The second-order valence-electron chi connectivity index (χ2n) is 16.1. The molecule has 0 aliphatic rings. The molecule has 0 saturated heterocycles. The van der Waals surface area contributed by atoms with Crippen molar-refractivity contribution in [2.24, 2.45) is 0 Å². The van der Waals surface area contributed by atoms with Crippen LogP contribution in [-0.2, 0) is 32.7 Å². The Morgan fingerprint density at radius 3 is 1.36 bits per heavy atom. The second-order valence-corrected chi connectivity index (χ2v) is 17.6. The third kappa shape index (κ3) is 44.1. The Morgan fingerprint density at radius 1 is 0.508 bits per heavy atom. The Hall–Kier alpha value is -1.81. The number of ether oxygens (including phenoxy) is 2. The lowest BCUT2D eigenvalue weighted by Crippen LogP contribution is -2.29. The van der Waals surface area contributed by atoms with Gasteiger partial charge < -0.3 is 24.6 Å². The van der Waals surface area contributed by atoms with E-state index in [9.17, 15) is 24.2 Å². The predicted molar refractivity (Wildman–Crippen MR) is 242 cm³/mol. The lowest BCUT2D eigenvalue weighted by atomic mass is 10.0. The Morgan fingerprint density at radius 2 is 0.881 bits per heavy atom. The molecule has 346 valence electrons. The number of unbranched alkanes of at least 4 members (excludes halogenated alkanes) is 25. The Kier molecular flexibility index (Phi) is 42.9. The summed E-state index contributed by atoms with van der Waals surface area (Å²) in [5.74, 6) is -0.961. The molecule has 0 aromatic carbocycles. The van der Waals surface area contributed by atoms with Gasteiger partial charge in [-0.1, -0.05) is 192 Å². The van der Waals surface area contributed by atoms with E-state index in [-0.39, 0.29) is 19.4 Å². The lowest BCUT2D eigenvalue weighted by Gasteiger charge is -2.20. The molecule has 0 aromatic rings. The number of esters is 2. The largest absolute Gasteiger partial charge is 0.472 e. The number of phosphoric acid groups is 1. The van der Waals surface area contributed by atoms with Gasteiger partial charge >= 0.3 is 19.8 Å². The zero-order chi connectivity index (χ0) is 43.3. The molecule has 0 fully saturated rings. The highest BCUT2D eigenvalue weighted by Crippen LogP contribution is 2.43. The number of hydrogen-bond acceptors (Lipinski definition) is 9. The number of carbonyl (C=O) groups is 2. The third-order valence-electron chi connectivity index (χ3n) is 10.3. The quantitative estimate of drug-likeness (QED) is 0.0234. The normalized spacial score (nSPS) is 14.1. The Labute approximate surface area is 361 Å². The van der Waals surface area contributed by atoms with Gasteiger partial charge in [-0.05, 0) is 51.4 Å². The van der Waals surface area contributed by atoms with Crippen molar-refractivity contribution in [3.63, 3.8) is 0 Å². The fraction of sp³-hybridized carbons (Fsp3) is 0.833. The van der Waals surface area contributed by atoms with Crippen LogP contribution in [0, 0.1) is 0 Å². The van der Waals surface area contributed by atoms with Crippen LogP contribution in [0.15, 0.2) is 36.5 Å². The first kappa shape index (κ1) is 57.2. The number of phosphoric ester groups is 1. The van der Waals surface area contributed by atoms with E-state index in [1.807, 2.05) is 0 Å². The van der Waals surface area contributed by atoms with E-state index < -0.39 is 51.8 Å². The van der Waals surface area contributed by atoms with Crippen molar-refractivity contribution in [2.45, 2.75) is 232 Å². The van der Waals surface area contributed by atoms with Crippen molar-refractivity contribution >= 4 is 19.8 Å². The van der Waals surface area contributed by atoms with E-state index in [1.54, 1.807) is 0 Å². The van der Waals surface area contributed by atoms with Gasteiger partial charge in [0, 0.05) is 12.8 Å². The van der Waals surface area contributed by atoms with Gasteiger partial charge in [-0.15, -0.1) is 0 Å². The van der Waals surface area contributed by atoms with Crippen molar-refractivity contribution < 1.29 is 47.8 Å². The number of allylic oxidation sites excluding steroid dienone is 6. The Balaban J connectivity index is 4.22. The zero-order valence-corrected chi connectivity index (χ0v) is 38.6. The molecular weight excluding hydrogens is 767 g/mol. The third-order valence-corrected chi connectivity index (χ3v) is 11.2. The maximum absolute atomic E-state index is 12.6. The molecule has 11 heteroatoms. The topological polar surface area (TPSA) is 149 Å². The van der Waals surface area contributed by atoms with Crippen molar-refractivity contribution in [3.05, 3.63) is 36.5 Å². The summed E-state index contributed by atoms with van der Waals surface area (Å²) in [6.45, 7) is 2.34. The van der Waals surface area contributed by atoms with Gasteiger partial charge in [0.15, 0.2) is 6.10 Å². The predicted octanol–water partition coefficient (Wildman–Crippen LogP) is 13.1. The average molecular weight is 857 g/mol. The van der Waals surface area contributed by atoms with Gasteiger partial charge in [-0.2, -0.15) is 0 Å². The van der Waals surface area contributed by atoms with Gasteiger partial charge in [0.2, 0.25) is 0 Å². The van der Waals surface area contributed by atoms with E-state index >= 15 is 0 Å². The van der Waals surface area contributed by atoms with Gasteiger partial charge in [0.1, 0.15) is 12.7 Å². The van der Waals surface area contributed by atoms with Crippen LogP contribution in [-0.4, -0.2) is 65.7 Å². The van der Waals surface area contributed by atoms with Crippen molar-refractivity contribution in [3.8, 4) is 0 Å². The molecule has 0 aliphatic carbocycles. The molecule has 0 aliphatic heterocycles. The summed E-state index contributed by atoms with van der Waals surface area (Å²) in [5.41, 5.74) is 0. The average Bonchev–Trinajstić information content (AvgIpc) is 3.22. The molecule has 0 heterocycles. The molecule has 10 nitrogen and oxygen atoms in total. The summed E-state index contributed by atoms with van der Waals surface area (Å²) in [5, 5.41) is 18.4. The summed E-state index contributed by atoms with van der Waals surface area (Å²) in [6, 6.07) is 0. The van der Waals surface area contributed by atoms with Crippen molar-refractivity contribution in [1.29, 1.82) is 0 Å². The smallest absolute Gasteiger partial charge is 0.462 e. The summed E-state index contributed by atoms with van der Waals surface area (Å²) in [6.07, 6.45) is 46.9. The molecule has 0 amide bonds. The van der Waals surface area contributed by atoms with Gasteiger partial charge in [0.25, 0.3) is 0 Å². The van der Waals surface area contributed by atoms with Crippen LogP contribution in [0.3, 0.4) is 0 Å². The molecule has 0 saturated carbocycles. The van der Waals surface area contributed by atoms with Gasteiger partial charge in [-0.3, -0.25) is 18.6 Å². The molecule has 1 unspecified atom stereocenters. The maximum Gasteiger partial charge on any atom is 0.472 e. The standard InChI is InChI=1S/C48H89O10P/c1-3-5-7-9-11-13-15-17-19-20-21-22-23-24-26-27-29-31-33-35-37-39-47(51)55-43-46(44-57-59(53,54)56-42-45(50)41-49)58-48(52)40-38-36-34-32-30-28-25-18-16-14-12-10-8-6-4-2/h12,14,18,25,30,32,45-46,49-50H,3-11,13,15-17,19-24,26-29,31,33-44H2,1-2H3,(H,53,54)/b14-12+,25-18+,32-30+/t45-,46+/m1/s1. The highest BCUT2D eigenvalue weighted by atomic mass is 31.2. The van der Waals surface area contributed by atoms with Crippen LogP contribution in [0.2, 0.25) is 0 Å². The van der Waals surface area contributed by atoms with E-state index in [0.717, 1.165) is 51.4 Å². The molecule has 3 atom stereocenters. The summed E-state index contributed by atoms with van der Waals surface area (Å²) in [7, 11) is -4.63. The molecule has 0 radical (unpaired) electrons. The number of hydrogen-bond donors (Lipinski definition) is 3. The number of rotatable bonds is 45. The van der Waals surface area contributed by atoms with Crippen LogP contribution in [0.5, 0.6) is 0 Å². The maximum atomic E-state index is 12.6. The Bertz CT molecular complexity index is 1080. The minimum Gasteiger partial charge on any atom is -0.462 e. The first-order valence-corrected chi connectivity index (χ1v) is 25.4. The monoisotopic (exact) mass is 857 g/mol. The molecule has 3 N–H and O–H groups in total. The van der Waals surface area contributed by atoms with Gasteiger partial charge in [-0.25, -0.2) is 4.57 Å². The zero-order valence-electron chi connectivity index (χ0n) is 37.7. The highest BCUT2D eigenvalue weighted by Gasteiger charge is 2.27. The van der Waals surface area contributed by atoms with E-state index in [2.05, 4.69) is 50.3 Å². The molecule has 0 rings (SSSR count). The first-order valence-electron chi connectivity index (χ1n) is 23.9. The highest BCUT2D eigenvalue weighted by molar-refractivity contribution is 7.47. The number of aliphatic hydroxyl groups is 2. The molecule has 0 spiro atoms. The van der Waals surface area contributed by atoms with E-state index in [0.29, 0.717) is 12.8 Å². The van der Waals surface area contributed by atoms with Crippen molar-refractivity contribution in [2.75, 3.05) is 26.4 Å². The molecular formula is C48H89O10P. The van der Waals surface area contributed by atoms with E-state index in [1.165, 1.54) is 128 Å². The fourth-order valence-corrected chi connectivity index (χ4v) is 7.38. The molecule has 0 bridgehead atoms. The van der Waals surface area contributed by atoms with Crippen LogP contribution < -0.4 is 0 Å². The number of carbonyl (C=O) groups excluding carboxylic acids is 2. The van der Waals surface area contributed by atoms with Gasteiger partial charge in [0.05, 0.1) is 19.8 Å². The minimum absolute atomic E-state index is 0.137. The van der Waals surface area contributed by atoms with Crippen LogP contribution in [0.1, 0.15) is 219 Å². The van der Waals surface area contributed by atoms with Crippen molar-refractivity contribution in [1.82, 2.24) is 0 Å². The van der Waals surface area contributed by atoms with Crippen LogP contribution in [0.4, 0.5) is 0 Å².